The Hall–Kier alpha value is -1.61. The van der Waals surface area contributed by atoms with Gasteiger partial charge in [0, 0.05) is 17.4 Å². The molecule has 1 N–H and O–H groups in total. The average molecular weight is 332 g/mol. The van der Waals surface area contributed by atoms with Crippen molar-refractivity contribution in [2.24, 2.45) is 0 Å². The van der Waals surface area contributed by atoms with Crippen molar-refractivity contribution in [3.63, 3.8) is 0 Å². The molecule has 0 heterocycles. The SMILES string of the molecule is O=C(NCCCc1ccccc1)c1cccc(CBr)c1. The topological polar surface area (TPSA) is 29.1 Å². The van der Waals surface area contributed by atoms with Gasteiger partial charge in [0.15, 0.2) is 0 Å². The number of benzene rings is 2. The third kappa shape index (κ3) is 4.49. The van der Waals surface area contributed by atoms with Crippen LogP contribution >= 0.6 is 15.9 Å². The van der Waals surface area contributed by atoms with Crippen LogP contribution in [-0.4, -0.2) is 12.5 Å². The van der Waals surface area contributed by atoms with Crippen molar-refractivity contribution in [1.82, 2.24) is 5.32 Å². The van der Waals surface area contributed by atoms with Crippen molar-refractivity contribution in [1.29, 1.82) is 0 Å². The molecule has 0 radical (unpaired) electrons. The number of alkyl halides is 1. The molecule has 1 amide bonds. The molecule has 0 spiro atoms. The standard InChI is InChI=1S/C17H18BrNO/c18-13-15-8-4-10-16(12-15)17(20)19-11-5-9-14-6-2-1-3-7-14/h1-4,6-8,10,12H,5,9,11,13H2,(H,19,20). The summed E-state index contributed by atoms with van der Waals surface area (Å²) in [6.07, 6.45) is 1.94. The quantitative estimate of drug-likeness (QED) is 0.630. The smallest absolute Gasteiger partial charge is 0.251 e. The van der Waals surface area contributed by atoms with Crippen molar-refractivity contribution >= 4 is 21.8 Å². The van der Waals surface area contributed by atoms with E-state index in [1.165, 1.54) is 5.56 Å². The molecule has 0 saturated heterocycles. The highest BCUT2D eigenvalue weighted by atomic mass is 79.9. The number of aryl methyl sites for hydroxylation is 1. The lowest BCUT2D eigenvalue weighted by molar-refractivity contribution is 0.0953. The predicted octanol–water partition coefficient (Wildman–Crippen LogP) is 3.94. The molecule has 0 unspecified atom stereocenters. The molecule has 0 atom stereocenters. The number of amides is 1. The van der Waals surface area contributed by atoms with E-state index in [9.17, 15) is 4.79 Å². The second-order valence-corrected chi connectivity index (χ2v) is 5.24. The van der Waals surface area contributed by atoms with Crippen molar-refractivity contribution in [2.45, 2.75) is 18.2 Å². The Bertz CT molecular complexity index is 554. The van der Waals surface area contributed by atoms with Gasteiger partial charge in [0.2, 0.25) is 0 Å². The van der Waals surface area contributed by atoms with Gasteiger partial charge in [-0.1, -0.05) is 58.4 Å². The molecule has 0 aliphatic rings. The number of hydrogen-bond acceptors (Lipinski definition) is 1. The molecular weight excluding hydrogens is 314 g/mol. The molecule has 2 aromatic carbocycles. The van der Waals surface area contributed by atoms with Crippen LogP contribution in [0.2, 0.25) is 0 Å². The van der Waals surface area contributed by atoms with Crippen molar-refractivity contribution in [3.05, 3.63) is 71.3 Å². The summed E-state index contributed by atoms with van der Waals surface area (Å²) >= 11 is 3.40. The van der Waals surface area contributed by atoms with E-state index < -0.39 is 0 Å². The molecule has 2 rings (SSSR count). The molecule has 20 heavy (non-hydrogen) atoms. The average Bonchev–Trinajstić information content (AvgIpc) is 2.52. The van der Waals surface area contributed by atoms with E-state index in [2.05, 4.69) is 33.4 Å². The van der Waals surface area contributed by atoms with E-state index in [0.717, 1.165) is 29.3 Å². The fourth-order valence-corrected chi connectivity index (χ4v) is 2.39. The zero-order valence-electron chi connectivity index (χ0n) is 11.3. The number of rotatable bonds is 6. The van der Waals surface area contributed by atoms with Gasteiger partial charge in [-0.05, 0) is 36.1 Å². The summed E-state index contributed by atoms with van der Waals surface area (Å²) in [5.74, 6) is 0.000798. The first-order valence-corrected chi connectivity index (χ1v) is 7.89. The fourth-order valence-electron chi connectivity index (χ4n) is 2.04. The summed E-state index contributed by atoms with van der Waals surface area (Å²) < 4.78 is 0. The van der Waals surface area contributed by atoms with Gasteiger partial charge >= 0.3 is 0 Å². The first kappa shape index (κ1) is 14.8. The number of nitrogens with one attached hydrogen (secondary N) is 1. The Labute approximate surface area is 128 Å². The second kappa shape index (κ2) is 7.85. The fraction of sp³-hybridized carbons (Fsp3) is 0.235. The van der Waals surface area contributed by atoms with Crippen LogP contribution in [-0.2, 0) is 11.8 Å². The van der Waals surface area contributed by atoms with Gasteiger partial charge in [-0.3, -0.25) is 4.79 Å². The molecule has 0 aliphatic heterocycles. The van der Waals surface area contributed by atoms with Crippen LogP contribution in [0.1, 0.15) is 27.9 Å². The monoisotopic (exact) mass is 331 g/mol. The number of hydrogen-bond donors (Lipinski definition) is 1. The van der Waals surface area contributed by atoms with Gasteiger partial charge in [0.1, 0.15) is 0 Å². The third-order valence-electron chi connectivity index (χ3n) is 3.11. The van der Waals surface area contributed by atoms with Crippen LogP contribution in [0.25, 0.3) is 0 Å². The third-order valence-corrected chi connectivity index (χ3v) is 3.76. The molecule has 0 aromatic heterocycles. The summed E-state index contributed by atoms with van der Waals surface area (Å²) in [6, 6.07) is 18.0. The lowest BCUT2D eigenvalue weighted by atomic mass is 10.1. The molecule has 2 nitrogen and oxygen atoms in total. The van der Waals surface area contributed by atoms with Gasteiger partial charge < -0.3 is 5.32 Å². The molecule has 0 fully saturated rings. The maximum atomic E-state index is 12.0. The molecule has 104 valence electrons. The summed E-state index contributed by atoms with van der Waals surface area (Å²) in [5.41, 5.74) is 3.15. The Morgan fingerprint density at radius 3 is 2.50 bits per heavy atom. The van der Waals surface area contributed by atoms with E-state index in [0.29, 0.717) is 6.54 Å². The summed E-state index contributed by atoms with van der Waals surface area (Å²) in [4.78, 5) is 12.0. The van der Waals surface area contributed by atoms with Gasteiger partial charge in [0.05, 0.1) is 0 Å². The Kier molecular flexibility index (Phi) is 5.81. The molecule has 3 heteroatoms. The molecule has 2 aromatic rings. The van der Waals surface area contributed by atoms with E-state index in [1.54, 1.807) is 0 Å². The Morgan fingerprint density at radius 2 is 1.75 bits per heavy atom. The van der Waals surface area contributed by atoms with E-state index >= 15 is 0 Å². The van der Waals surface area contributed by atoms with Crippen LogP contribution < -0.4 is 5.32 Å². The number of carbonyl (C=O) groups is 1. The summed E-state index contributed by atoms with van der Waals surface area (Å²) in [6.45, 7) is 0.701. The largest absolute Gasteiger partial charge is 0.352 e. The molecule has 0 aliphatic carbocycles. The van der Waals surface area contributed by atoms with Gasteiger partial charge in [-0.2, -0.15) is 0 Å². The van der Waals surface area contributed by atoms with Crippen molar-refractivity contribution in [2.75, 3.05) is 6.54 Å². The maximum Gasteiger partial charge on any atom is 0.251 e. The van der Waals surface area contributed by atoms with Crippen LogP contribution in [0, 0.1) is 0 Å². The van der Waals surface area contributed by atoms with Crippen molar-refractivity contribution in [3.8, 4) is 0 Å². The summed E-state index contributed by atoms with van der Waals surface area (Å²) in [7, 11) is 0. The highest BCUT2D eigenvalue weighted by Crippen LogP contribution is 2.09. The van der Waals surface area contributed by atoms with Crippen molar-refractivity contribution < 1.29 is 4.79 Å². The maximum absolute atomic E-state index is 12.0. The minimum atomic E-state index is 0.000798. The van der Waals surface area contributed by atoms with E-state index in [1.807, 2.05) is 42.5 Å². The number of carbonyl (C=O) groups excluding carboxylic acids is 1. The molecule has 0 saturated carbocycles. The van der Waals surface area contributed by atoms with Crippen LogP contribution in [0.5, 0.6) is 0 Å². The predicted molar refractivity (Wildman–Crippen MR) is 86.2 cm³/mol. The zero-order valence-corrected chi connectivity index (χ0v) is 12.9. The second-order valence-electron chi connectivity index (χ2n) is 4.68. The zero-order chi connectivity index (χ0) is 14.2. The van der Waals surface area contributed by atoms with Gasteiger partial charge in [-0.25, -0.2) is 0 Å². The highest BCUT2D eigenvalue weighted by Gasteiger charge is 2.05. The molecular formula is C17H18BrNO. The minimum Gasteiger partial charge on any atom is -0.352 e. The highest BCUT2D eigenvalue weighted by molar-refractivity contribution is 9.08. The summed E-state index contributed by atoms with van der Waals surface area (Å²) in [5, 5.41) is 3.73. The number of halogens is 1. The van der Waals surface area contributed by atoms with Gasteiger partial charge in [-0.15, -0.1) is 0 Å². The van der Waals surface area contributed by atoms with Crippen LogP contribution in [0.15, 0.2) is 54.6 Å². The minimum absolute atomic E-state index is 0.000798. The molecule has 0 bridgehead atoms. The lowest BCUT2D eigenvalue weighted by Gasteiger charge is -2.06. The lowest BCUT2D eigenvalue weighted by Crippen LogP contribution is -2.24. The first-order valence-electron chi connectivity index (χ1n) is 6.76. The van der Waals surface area contributed by atoms with E-state index in [-0.39, 0.29) is 5.91 Å². The Morgan fingerprint density at radius 1 is 1.00 bits per heavy atom. The van der Waals surface area contributed by atoms with Crippen LogP contribution in [0.4, 0.5) is 0 Å². The first-order chi connectivity index (χ1) is 9.79. The van der Waals surface area contributed by atoms with E-state index in [4.69, 9.17) is 0 Å². The van der Waals surface area contributed by atoms with Crippen LogP contribution in [0.3, 0.4) is 0 Å². The Balaban J connectivity index is 1.77. The normalized spacial score (nSPS) is 10.2. The van der Waals surface area contributed by atoms with Gasteiger partial charge in [0.25, 0.3) is 5.91 Å².